The lowest BCUT2D eigenvalue weighted by Crippen LogP contribution is -2.28. The van der Waals surface area contributed by atoms with Gasteiger partial charge in [0.1, 0.15) is 11.4 Å². The number of nitrogens with zero attached hydrogens (tertiary/aromatic N) is 1. The molecule has 0 spiro atoms. The molecule has 0 atom stereocenters. The molecule has 0 fully saturated rings. The summed E-state index contributed by atoms with van der Waals surface area (Å²) in [5.74, 6) is 6.33. The lowest BCUT2D eigenvalue weighted by Gasteiger charge is -2.29. The number of aromatic nitrogens is 1. The number of fused-ring (bicyclic) bond motifs is 1. The predicted octanol–water partition coefficient (Wildman–Crippen LogP) is 3.34. The molecule has 0 bridgehead atoms. The maximum absolute atomic E-state index is 12.1. The molecular formula is C19H17NO2. The molecule has 22 heavy (non-hydrogen) atoms. The zero-order valence-corrected chi connectivity index (χ0v) is 12.7. The Balaban J connectivity index is 1.93. The molecule has 1 aromatic carbocycles. The van der Waals surface area contributed by atoms with Gasteiger partial charge >= 0.3 is 0 Å². The number of ketones is 1. The van der Waals surface area contributed by atoms with Gasteiger partial charge in [-0.2, -0.15) is 0 Å². The summed E-state index contributed by atoms with van der Waals surface area (Å²) in [4.78, 5) is 16.7. The summed E-state index contributed by atoms with van der Waals surface area (Å²) < 4.78 is 0. The van der Waals surface area contributed by atoms with Crippen LogP contribution in [0.1, 0.15) is 47.6 Å². The van der Waals surface area contributed by atoms with Crippen LogP contribution in [0.3, 0.4) is 0 Å². The van der Waals surface area contributed by atoms with Gasteiger partial charge in [0.25, 0.3) is 0 Å². The highest BCUT2D eigenvalue weighted by Gasteiger charge is 2.31. The van der Waals surface area contributed by atoms with Gasteiger partial charge in [0, 0.05) is 17.5 Å². The minimum atomic E-state index is -0.0473. The van der Waals surface area contributed by atoms with Crippen LogP contribution in [0, 0.1) is 17.3 Å². The highest BCUT2D eigenvalue weighted by Crippen LogP contribution is 2.33. The normalized spacial score (nSPS) is 15.6. The highest BCUT2D eigenvalue weighted by molar-refractivity contribution is 5.98. The van der Waals surface area contributed by atoms with Gasteiger partial charge in [-0.05, 0) is 48.1 Å². The molecule has 110 valence electrons. The van der Waals surface area contributed by atoms with Crippen molar-refractivity contribution in [3.63, 3.8) is 0 Å². The third-order valence-corrected chi connectivity index (χ3v) is 3.74. The van der Waals surface area contributed by atoms with E-state index in [4.69, 9.17) is 0 Å². The molecule has 3 heteroatoms. The van der Waals surface area contributed by atoms with Crippen molar-refractivity contribution in [1.29, 1.82) is 0 Å². The standard InChI is InChI=1S/C19H17NO2/c1-19(2)11-17-16(18(22)12-19)9-8-14(20-17)7-6-13-4-3-5-15(21)10-13/h3-5,8-10,21H,11-12H2,1-2H3. The molecule has 1 aromatic heterocycles. The van der Waals surface area contributed by atoms with Crippen molar-refractivity contribution < 1.29 is 9.90 Å². The number of hydrogen-bond donors (Lipinski definition) is 1. The Morgan fingerprint density at radius 3 is 2.73 bits per heavy atom. The zero-order valence-electron chi connectivity index (χ0n) is 12.7. The second kappa shape index (κ2) is 5.31. The zero-order chi connectivity index (χ0) is 15.7. The number of phenolic OH excluding ortho intramolecular Hbond substituents is 1. The average molecular weight is 291 g/mol. The van der Waals surface area contributed by atoms with Gasteiger partial charge in [-0.15, -0.1) is 0 Å². The second-order valence-corrected chi connectivity index (χ2v) is 6.43. The summed E-state index contributed by atoms with van der Waals surface area (Å²) in [5, 5.41) is 9.43. The van der Waals surface area contributed by atoms with Gasteiger partial charge in [0.15, 0.2) is 5.78 Å². The molecule has 0 saturated heterocycles. The number of carbonyl (C=O) groups excluding carboxylic acids is 1. The molecule has 0 amide bonds. The SMILES string of the molecule is CC1(C)CC(=O)c2ccc(C#Cc3cccc(O)c3)nc2C1. The number of Topliss-reactive ketones (excluding diaryl/α,β-unsaturated/α-hetero) is 1. The molecular weight excluding hydrogens is 274 g/mol. The summed E-state index contributed by atoms with van der Waals surface area (Å²) in [5.41, 5.74) is 2.89. The minimum absolute atomic E-state index is 0.0473. The largest absolute Gasteiger partial charge is 0.508 e. The fourth-order valence-electron chi connectivity index (χ4n) is 2.73. The van der Waals surface area contributed by atoms with E-state index in [0.29, 0.717) is 12.1 Å². The first-order valence-corrected chi connectivity index (χ1v) is 7.27. The van der Waals surface area contributed by atoms with Crippen molar-refractivity contribution in [3.8, 4) is 17.6 Å². The first-order chi connectivity index (χ1) is 10.4. The first-order valence-electron chi connectivity index (χ1n) is 7.27. The van der Waals surface area contributed by atoms with E-state index in [9.17, 15) is 9.90 Å². The average Bonchev–Trinajstić information content (AvgIpc) is 2.43. The van der Waals surface area contributed by atoms with Crippen molar-refractivity contribution in [2.75, 3.05) is 0 Å². The molecule has 0 saturated carbocycles. The van der Waals surface area contributed by atoms with Crippen LogP contribution in [0.15, 0.2) is 36.4 Å². The lowest BCUT2D eigenvalue weighted by molar-refractivity contribution is 0.0910. The van der Waals surface area contributed by atoms with Gasteiger partial charge in [0.2, 0.25) is 0 Å². The smallest absolute Gasteiger partial charge is 0.165 e. The number of phenols is 1. The van der Waals surface area contributed by atoms with Gasteiger partial charge in [-0.3, -0.25) is 4.79 Å². The Bertz CT molecular complexity index is 810. The van der Waals surface area contributed by atoms with Crippen molar-refractivity contribution in [2.45, 2.75) is 26.7 Å². The van der Waals surface area contributed by atoms with E-state index in [2.05, 4.69) is 30.7 Å². The van der Waals surface area contributed by atoms with Crippen molar-refractivity contribution in [1.82, 2.24) is 4.98 Å². The van der Waals surface area contributed by atoms with Crippen LogP contribution in [0.5, 0.6) is 5.75 Å². The third kappa shape index (κ3) is 3.01. The lowest BCUT2D eigenvalue weighted by atomic mass is 9.75. The Morgan fingerprint density at radius 2 is 1.95 bits per heavy atom. The van der Waals surface area contributed by atoms with E-state index >= 15 is 0 Å². The van der Waals surface area contributed by atoms with Crippen molar-refractivity contribution in [2.24, 2.45) is 5.41 Å². The second-order valence-electron chi connectivity index (χ2n) is 6.43. The number of pyridine rings is 1. The monoisotopic (exact) mass is 291 g/mol. The summed E-state index contributed by atoms with van der Waals surface area (Å²) in [6.07, 6.45) is 1.35. The van der Waals surface area contributed by atoms with Crippen LogP contribution < -0.4 is 0 Å². The van der Waals surface area contributed by atoms with Crippen LogP contribution in [0.25, 0.3) is 0 Å². The van der Waals surface area contributed by atoms with Crippen LogP contribution in [-0.2, 0) is 6.42 Å². The van der Waals surface area contributed by atoms with Crippen LogP contribution in [0.2, 0.25) is 0 Å². The number of benzene rings is 1. The molecule has 0 radical (unpaired) electrons. The maximum Gasteiger partial charge on any atom is 0.165 e. The number of hydrogen-bond acceptors (Lipinski definition) is 3. The van der Waals surface area contributed by atoms with Crippen molar-refractivity contribution in [3.05, 3.63) is 58.9 Å². The van der Waals surface area contributed by atoms with Crippen molar-refractivity contribution >= 4 is 5.78 Å². The Kier molecular flexibility index (Phi) is 3.46. The van der Waals surface area contributed by atoms with E-state index in [1.807, 2.05) is 12.1 Å². The summed E-state index contributed by atoms with van der Waals surface area (Å²) in [6, 6.07) is 10.4. The Hall–Kier alpha value is -2.60. The Labute approximate surface area is 130 Å². The van der Waals surface area contributed by atoms with Gasteiger partial charge in [0.05, 0.1) is 5.69 Å². The quantitative estimate of drug-likeness (QED) is 0.757. The predicted molar refractivity (Wildman–Crippen MR) is 84.8 cm³/mol. The minimum Gasteiger partial charge on any atom is -0.508 e. The van der Waals surface area contributed by atoms with E-state index in [1.54, 1.807) is 24.3 Å². The number of aromatic hydroxyl groups is 1. The van der Waals surface area contributed by atoms with Crippen LogP contribution in [-0.4, -0.2) is 15.9 Å². The summed E-state index contributed by atoms with van der Waals surface area (Å²) in [7, 11) is 0. The van der Waals surface area contributed by atoms with E-state index in [-0.39, 0.29) is 16.9 Å². The molecule has 1 aliphatic carbocycles. The molecule has 0 unspecified atom stereocenters. The van der Waals surface area contributed by atoms with Crippen LogP contribution in [0.4, 0.5) is 0 Å². The number of rotatable bonds is 0. The first kappa shape index (κ1) is 14.3. The molecule has 2 aromatic rings. The maximum atomic E-state index is 12.1. The third-order valence-electron chi connectivity index (χ3n) is 3.74. The van der Waals surface area contributed by atoms with Gasteiger partial charge in [-0.25, -0.2) is 4.98 Å². The number of carbonyl (C=O) groups is 1. The highest BCUT2D eigenvalue weighted by atomic mass is 16.3. The molecule has 1 aliphatic rings. The fraction of sp³-hybridized carbons (Fsp3) is 0.263. The Morgan fingerprint density at radius 1 is 1.14 bits per heavy atom. The molecule has 1 heterocycles. The molecule has 3 rings (SSSR count). The molecule has 0 aliphatic heterocycles. The fourth-order valence-corrected chi connectivity index (χ4v) is 2.73. The molecule has 3 nitrogen and oxygen atoms in total. The van der Waals surface area contributed by atoms with Gasteiger partial charge in [-0.1, -0.05) is 25.8 Å². The summed E-state index contributed by atoms with van der Waals surface area (Å²) >= 11 is 0. The van der Waals surface area contributed by atoms with Crippen LogP contribution >= 0.6 is 0 Å². The van der Waals surface area contributed by atoms with E-state index in [1.165, 1.54) is 0 Å². The van der Waals surface area contributed by atoms with Gasteiger partial charge < -0.3 is 5.11 Å². The van der Waals surface area contributed by atoms with E-state index < -0.39 is 0 Å². The molecule has 1 N–H and O–H groups in total. The summed E-state index contributed by atoms with van der Waals surface area (Å²) in [6.45, 7) is 4.17. The van der Waals surface area contributed by atoms with E-state index in [0.717, 1.165) is 23.2 Å². The topological polar surface area (TPSA) is 50.2 Å².